The largest absolute Gasteiger partial charge is 0.453 e. The van der Waals surface area contributed by atoms with Gasteiger partial charge in [-0.1, -0.05) is 12.1 Å². The minimum absolute atomic E-state index is 0.0506. The van der Waals surface area contributed by atoms with E-state index in [2.05, 4.69) is 5.32 Å². The summed E-state index contributed by atoms with van der Waals surface area (Å²) in [5, 5.41) is 11.5. The van der Waals surface area contributed by atoms with Crippen LogP contribution < -0.4 is 10.1 Å². The number of nitrogens with one attached hydrogen (secondary N) is 1. The van der Waals surface area contributed by atoms with Crippen molar-refractivity contribution < 1.29 is 18.1 Å². The summed E-state index contributed by atoms with van der Waals surface area (Å²) in [4.78, 5) is 11.7. The SMILES string of the molecule is C[S@](=O)CCC(=O)Nc1ccc(Oc2ccccc2C#N)c(F)c1. The van der Waals surface area contributed by atoms with Crippen LogP contribution in [-0.4, -0.2) is 22.1 Å². The van der Waals surface area contributed by atoms with Crippen molar-refractivity contribution in [2.75, 3.05) is 17.3 Å². The predicted molar refractivity (Wildman–Crippen MR) is 89.8 cm³/mol. The molecular weight excluding hydrogens is 331 g/mol. The average molecular weight is 346 g/mol. The summed E-state index contributed by atoms with van der Waals surface area (Å²) in [7, 11) is -1.06. The molecule has 0 aliphatic carbocycles. The molecule has 2 aromatic carbocycles. The van der Waals surface area contributed by atoms with Crippen LogP contribution in [-0.2, 0) is 15.6 Å². The molecule has 0 aliphatic heterocycles. The van der Waals surface area contributed by atoms with E-state index in [0.717, 1.165) is 6.07 Å². The second kappa shape index (κ2) is 8.22. The summed E-state index contributed by atoms with van der Waals surface area (Å²) in [6, 6.07) is 12.5. The van der Waals surface area contributed by atoms with Crippen LogP contribution in [0.5, 0.6) is 11.5 Å². The monoisotopic (exact) mass is 346 g/mol. The third kappa shape index (κ3) is 4.89. The number of hydrogen-bond donors (Lipinski definition) is 1. The summed E-state index contributed by atoms with van der Waals surface area (Å²) >= 11 is 0. The van der Waals surface area contributed by atoms with Crippen LogP contribution in [0, 0.1) is 17.1 Å². The first-order valence-electron chi connectivity index (χ1n) is 7.06. The first kappa shape index (κ1) is 17.6. The Morgan fingerprint density at radius 3 is 2.71 bits per heavy atom. The molecule has 0 saturated carbocycles. The van der Waals surface area contributed by atoms with E-state index in [4.69, 9.17) is 10.00 Å². The van der Waals surface area contributed by atoms with E-state index >= 15 is 0 Å². The fourth-order valence-corrected chi connectivity index (χ4v) is 2.36. The number of carbonyl (C=O) groups is 1. The predicted octanol–water partition coefficient (Wildman–Crippen LogP) is 3.20. The van der Waals surface area contributed by atoms with Crippen molar-refractivity contribution in [2.45, 2.75) is 6.42 Å². The summed E-state index contributed by atoms with van der Waals surface area (Å²) in [6.45, 7) is 0. The molecule has 2 rings (SSSR count). The maximum Gasteiger partial charge on any atom is 0.225 e. The van der Waals surface area contributed by atoms with Gasteiger partial charge in [0, 0.05) is 41.0 Å². The van der Waals surface area contributed by atoms with Crippen molar-refractivity contribution in [1.29, 1.82) is 5.26 Å². The number of halogens is 1. The van der Waals surface area contributed by atoms with Crippen molar-refractivity contribution >= 4 is 22.4 Å². The Bertz CT molecular complexity index is 818. The number of benzene rings is 2. The van der Waals surface area contributed by atoms with E-state index in [1.54, 1.807) is 24.3 Å². The number of para-hydroxylation sites is 1. The lowest BCUT2D eigenvalue weighted by molar-refractivity contribution is -0.115. The molecule has 7 heteroatoms. The Balaban J connectivity index is 2.08. The van der Waals surface area contributed by atoms with Gasteiger partial charge < -0.3 is 10.1 Å². The Hall–Kier alpha value is -2.72. The molecule has 0 saturated heterocycles. The molecule has 1 amide bonds. The van der Waals surface area contributed by atoms with Crippen LogP contribution in [0.15, 0.2) is 42.5 Å². The number of nitriles is 1. The highest BCUT2D eigenvalue weighted by atomic mass is 32.2. The van der Waals surface area contributed by atoms with Gasteiger partial charge in [-0.2, -0.15) is 5.26 Å². The number of ether oxygens (including phenoxy) is 1. The average Bonchev–Trinajstić information content (AvgIpc) is 2.56. The lowest BCUT2D eigenvalue weighted by Gasteiger charge is -2.10. The molecule has 124 valence electrons. The standard InChI is InChI=1S/C17H15FN2O3S/c1-24(22)9-8-17(21)20-13-6-7-16(14(18)10-13)23-15-5-3-2-4-12(15)11-19/h2-7,10H,8-9H2,1H3,(H,20,21)/t24-/m0/s1. The zero-order valence-corrected chi connectivity index (χ0v) is 13.7. The highest BCUT2D eigenvalue weighted by Gasteiger charge is 2.10. The molecule has 0 radical (unpaired) electrons. The van der Waals surface area contributed by atoms with Crippen molar-refractivity contribution in [3.8, 4) is 17.6 Å². The minimum Gasteiger partial charge on any atom is -0.453 e. The van der Waals surface area contributed by atoms with Crippen molar-refractivity contribution in [3.05, 3.63) is 53.8 Å². The summed E-state index contributed by atoms with van der Waals surface area (Å²) in [6.07, 6.45) is 1.61. The van der Waals surface area contributed by atoms with Crippen LogP contribution in [0.1, 0.15) is 12.0 Å². The Morgan fingerprint density at radius 2 is 2.04 bits per heavy atom. The number of carbonyl (C=O) groups excluding carboxylic acids is 1. The zero-order valence-electron chi connectivity index (χ0n) is 12.9. The maximum absolute atomic E-state index is 14.1. The quantitative estimate of drug-likeness (QED) is 0.871. The summed E-state index contributed by atoms with van der Waals surface area (Å²) in [5.74, 6) is -0.556. The molecule has 24 heavy (non-hydrogen) atoms. The van der Waals surface area contributed by atoms with Gasteiger partial charge >= 0.3 is 0 Å². The van der Waals surface area contributed by atoms with E-state index < -0.39 is 16.6 Å². The van der Waals surface area contributed by atoms with Gasteiger partial charge in [-0.3, -0.25) is 9.00 Å². The molecule has 0 spiro atoms. The molecule has 2 aromatic rings. The van der Waals surface area contributed by atoms with Gasteiger partial charge in [0.05, 0.1) is 5.56 Å². The molecule has 0 aromatic heterocycles. The second-order valence-corrected chi connectivity index (χ2v) is 6.49. The number of amides is 1. The topological polar surface area (TPSA) is 79.2 Å². The van der Waals surface area contributed by atoms with Gasteiger partial charge in [0.2, 0.25) is 5.91 Å². The number of hydrogen-bond acceptors (Lipinski definition) is 4. The lowest BCUT2D eigenvalue weighted by atomic mass is 10.2. The van der Waals surface area contributed by atoms with E-state index in [9.17, 15) is 13.4 Å². The molecule has 0 aliphatic rings. The second-order valence-electron chi connectivity index (χ2n) is 4.93. The smallest absolute Gasteiger partial charge is 0.225 e. The minimum atomic E-state index is -1.06. The van der Waals surface area contributed by atoms with E-state index in [-0.39, 0.29) is 35.3 Å². The number of anilines is 1. The van der Waals surface area contributed by atoms with Crippen molar-refractivity contribution in [2.24, 2.45) is 0 Å². The van der Waals surface area contributed by atoms with Gasteiger partial charge in [-0.15, -0.1) is 0 Å². The van der Waals surface area contributed by atoms with Gasteiger partial charge in [-0.05, 0) is 24.3 Å². The van der Waals surface area contributed by atoms with Crippen LogP contribution in [0.2, 0.25) is 0 Å². The third-order valence-electron chi connectivity index (χ3n) is 3.06. The van der Waals surface area contributed by atoms with Gasteiger partial charge in [-0.25, -0.2) is 4.39 Å². The molecule has 0 bridgehead atoms. The first-order chi connectivity index (χ1) is 11.5. The van der Waals surface area contributed by atoms with Crippen molar-refractivity contribution in [1.82, 2.24) is 0 Å². The fourth-order valence-electron chi connectivity index (χ4n) is 1.89. The van der Waals surface area contributed by atoms with Gasteiger partial charge in [0.1, 0.15) is 11.8 Å². The lowest BCUT2D eigenvalue weighted by Crippen LogP contribution is -2.14. The molecule has 1 N–H and O–H groups in total. The van der Waals surface area contributed by atoms with E-state index in [1.165, 1.54) is 18.4 Å². The molecule has 1 atom stereocenters. The van der Waals surface area contributed by atoms with Crippen LogP contribution in [0.3, 0.4) is 0 Å². The third-order valence-corrected chi connectivity index (χ3v) is 3.84. The molecule has 0 fully saturated rings. The van der Waals surface area contributed by atoms with E-state index in [0.29, 0.717) is 5.56 Å². The van der Waals surface area contributed by atoms with Gasteiger partial charge in [0.25, 0.3) is 0 Å². The first-order valence-corrected chi connectivity index (χ1v) is 8.78. The highest BCUT2D eigenvalue weighted by molar-refractivity contribution is 7.84. The number of rotatable bonds is 6. The Morgan fingerprint density at radius 1 is 1.29 bits per heavy atom. The molecule has 5 nitrogen and oxygen atoms in total. The summed E-state index contributed by atoms with van der Waals surface area (Å²) < 4.78 is 30.5. The Labute approximate surface area is 141 Å². The van der Waals surface area contributed by atoms with Crippen LogP contribution in [0.4, 0.5) is 10.1 Å². The highest BCUT2D eigenvalue weighted by Crippen LogP contribution is 2.28. The van der Waals surface area contributed by atoms with Crippen LogP contribution >= 0.6 is 0 Å². The summed E-state index contributed by atoms with van der Waals surface area (Å²) in [5.41, 5.74) is 0.571. The maximum atomic E-state index is 14.1. The van der Waals surface area contributed by atoms with Gasteiger partial charge in [0.15, 0.2) is 11.6 Å². The van der Waals surface area contributed by atoms with Crippen molar-refractivity contribution in [3.63, 3.8) is 0 Å². The zero-order chi connectivity index (χ0) is 17.5. The Kier molecular flexibility index (Phi) is 6.04. The molecule has 0 unspecified atom stereocenters. The molecule has 0 heterocycles. The normalized spacial score (nSPS) is 11.4. The molecular formula is C17H15FN2O3S. The van der Waals surface area contributed by atoms with E-state index in [1.807, 2.05) is 6.07 Å². The number of nitrogens with zero attached hydrogens (tertiary/aromatic N) is 1. The van der Waals surface area contributed by atoms with Crippen LogP contribution in [0.25, 0.3) is 0 Å². The fraction of sp³-hybridized carbons (Fsp3) is 0.176.